The van der Waals surface area contributed by atoms with Gasteiger partial charge < -0.3 is 10.3 Å². The largest absolute Gasteiger partial charge is 0.333 e. The summed E-state index contributed by atoms with van der Waals surface area (Å²) in [6.07, 6.45) is 4.89. The van der Waals surface area contributed by atoms with Crippen molar-refractivity contribution in [2.75, 3.05) is 0 Å². The van der Waals surface area contributed by atoms with E-state index in [0.717, 1.165) is 12.2 Å². The van der Waals surface area contributed by atoms with Crippen molar-refractivity contribution in [2.24, 2.45) is 11.7 Å². The molecule has 14 heavy (non-hydrogen) atoms. The summed E-state index contributed by atoms with van der Waals surface area (Å²) in [5.74, 6) is 0.714. The van der Waals surface area contributed by atoms with Crippen LogP contribution in [0.3, 0.4) is 0 Å². The van der Waals surface area contributed by atoms with Crippen molar-refractivity contribution in [3.63, 3.8) is 0 Å². The maximum Gasteiger partial charge on any atom is 0.0948 e. The molecule has 0 amide bonds. The van der Waals surface area contributed by atoms with Crippen molar-refractivity contribution >= 4 is 0 Å². The van der Waals surface area contributed by atoms with Gasteiger partial charge >= 0.3 is 0 Å². The molecule has 0 bridgehead atoms. The van der Waals surface area contributed by atoms with E-state index in [2.05, 4.69) is 23.4 Å². The third-order valence-electron chi connectivity index (χ3n) is 2.32. The van der Waals surface area contributed by atoms with Gasteiger partial charge in [0.05, 0.1) is 17.6 Å². The molecule has 1 aromatic rings. The Labute approximate surface area is 86.3 Å². The van der Waals surface area contributed by atoms with E-state index in [-0.39, 0.29) is 5.54 Å². The zero-order valence-corrected chi connectivity index (χ0v) is 9.62. The summed E-state index contributed by atoms with van der Waals surface area (Å²) in [4.78, 5) is 4.15. The van der Waals surface area contributed by atoms with Crippen molar-refractivity contribution in [3.8, 4) is 0 Å². The minimum absolute atomic E-state index is 0.298. The van der Waals surface area contributed by atoms with Crippen LogP contribution >= 0.6 is 0 Å². The van der Waals surface area contributed by atoms with Crippen LogP contribution in [0.4, 0.5) is 0 Å². The van der Waals surface area contributed by atoms with Crippen molar-refractivity contribution < 1.29 is 0 Å². The Kier molecular flexibility index (Phi) is 3.32. The molecule has 3 nitrogen and oxygen atoms in total. The molecular weight excluding hydrogens is 174 g/mol. The molecule has 80 valence electrons. The van der Waals surface area contributed by atoms with Gasteiger partial charge in [-0.2, -0.15) is 0 Å². The highest BCUT2D eigenvalue weighted by Crippen LogP contribution is 2.17. The number of hydrogen-bond donors (Lipinski definition) is 1. The fourth-order valence-corrected chi connectivity index (χ4v) is 1.43. The molecule has 1 heterocycles. The maximum atomic E-state index is 6.05. The van der Waals surface area contributed by atoms with Crippen LogP contribution in [-0.2, 0) is 12.1 Å². The summed E-state index contributed by atoms with van der Waals surface area (Å²) in [5.41, 5.74) is 6.86. The molecule has 0 aliphatic heterocycles. The van der Waals surface area contributed by atoms with Crippen LogP contribution < -0.4 is 5.73 Å². The van der Waals surface area contributed by atoms with Crippen molar-refractivity contribution in [1.29, 1.82) is 0 Å². The van der Waals surface area contributed by atoms with Crippen LogP contribution in [0.15, 0.2) is 12.5 Å². The first-order valence-electron chi connectivity index (χ1n) is 5.20. The van der Waals surface area contributed by atoms with Crippen molar-refractivity contribution in [2.45, 2.75) is 46.2 Å². The minimum atomic E-state index is -0.298. The first-order chi connectivity index (χ1) is 6.41. The smallest absolute Gasteiger partial charge is 0.0948 e. The average molecular weight is 195 g/mol. The van der Waals surface area contributed by atoms with Gasteiger partial charge in [-0.15, -0.1) is 0 Å². The lowest BCUT2D eigenvalue weighted by atomic mass is 10.0. The van der Waals surface area contributed by atoms with E-state index in [4.69, 9.17) is 5.73 Å². The molecular formula is C11H21N3. The lowest BCUT2D eigenvalue weighted by molar-refractivity contribution is 0.456. The maximum absolute atomic E-state index is 6.05. The zero-order valence-electron chi connectivity index (χ0n) is 9.62. The van der Waals surface area contributed by atoms with Crippen LogP contribution in [0.2, 0.25) is 0 Å². The fourth-order valence-electron chi connectivity index (χ4n) is 1.43. The van der Waals surface area contributed by atoms with Gasteiger partial charge in [0, 0.05) is 12.7 Å². The van der Waals surface area contributed by atoms with Crippen LogP contribution in [0.1, 0.15) is 39.8 Å². The van der Waals surface area contributed by atoms with E-state index >= 15 is 0 Å². The molecule has 2 N–H and O–H groups in total. The molecule has 0 radical (unpaired) electrons. The van der Waals surface area contributed by atoms with Crippen LogP contribution in [0.5, 0.6) is 0 Å². The molecule has 1 aromatic heterocycles. The fraction of sp³-hybridized carbons (Fsp3) is 0.727. The van der Waals surface area contributed by atoms with Gasteiger partial charge in [-0.1, -0.05) is 13.8 Å². The van der Waals surface area contributed by atoms with E-state index < -0.39 is 0 Å². The standard InChI is InChI=1S/C11H21N3/c1-9(2)5-6-14-8-13-7-10(14)11(3,4)12/h7-9H,5-6,12H2,1-4H3. The number of nitrogens with two attached hydrogens (primary N) is 1. The topological polar surface area (TPSA) is 43.8 Å². The Morgan fingerprint density at radius 1 is 1.50 bits per heavy atom. The first-order valence-corrected chi connectivity index (χ1v) is 5.20. The lowest BCUT2D eigenvalue weighted by Crippen LogP contribution is -2.31. The molecule has 0 atom stereocenters. The highest BCUT2D eigenvalue weighted by molar-refractivity contribution is 5.09. The van der Waals surface area contributed by atoms with E-state index in [1.807, 2.05) is 26.4 Å². The number of imidazole rings is 1. The number of aromatic nitrogens is 2. The lowest BCUT2D eigenvalue weighted by Gasteiger charge is -2.21. The van der Waals surface area contributed by atoms with Crippen LogP contribution in [0.25, 0.3) is 0 Å². The van der Waals surface area contributed by atoms with Gasteiger partial charge in [-0.3, -0.25) is 0 Å². The van der Waals surface area contributed by atoms with Crippen LogP contribution in [-0.4, -0.2) is 9.55 Å². The van der Waals surface area contributed by atoms with E-state index in [9.17, 15) is 0 Å². The molecule has 0 unspecified atom stereocenters. The Balaban J connectivity index is 2.73. The van der Waals surface area contributed by atoms with Crippen LogP contribution in [0, 0.1) is 5.92 Å². The monoisotopic (exact) mass is 195 g/mol. The second-order valence-electron chi connectivity index (χ2n) is 4.88. The highest BCUT2D eigenvalue weighted by atomic mass is 15.1. The summed E-state index contributed by atoms with van der Waals surface area (Å²) in [6, 6.07) is 0. The third kappa shape index (κ3) is 2.84. The number of hydrogen-bond acceptors (Lipinski definition) is 2. The van der Waals surface area contributed by atoms with Gasteiger partial charge in [0.2, 0.25) is 0 Å². The van der Waals surface area contributed by atoms with Gasteiger partial charge in [0.15, 0.2) is 0 Å². The normalized spacial score (nSPS) is 12.4. The van der Waals surface area contributed by atoms with E-state index in [1.54, 1.807) is 0 Å². The first kappa shape index (κ1) is 11.2. The average Bonchev–Trinajstić information content (AvgIpc) is 2.46. The molecule has 1 rings (SSSR count). The summed E-state index contributed by atoms with van der Waals surface area (Å²) in [6.45, 7) is 9.48. The Hall–Kier alpha value is -0.830. The second-order valence-corrected chi connectivity index (χ2v) is 4.88. The molecule has 0 saturated heterocycles. The molecule has 0 saturated carbocycles. The molecule has 0 spiro atoms. The summed E-state index contributed by atoms with van der Waals surface area (Å²) < 4.78 is 2.15. The van der Waals surface area contributed by atoms with E-state index in [0.29, 0.717) is 5.92 Å². The third-order valence-corrected chi connectivity index (χ3v) is 2.32. The van der Waals surface area contributed by atoms with Gasteiger partial charge in [0.25, 0.3) is 0 Å². The van der Waals surface area contributed by atoms with Crippen molar-refractivity contribution in [3.05, 3.63) is 18.2 Å². The predicted octanol–water partition coefficient (Wildman–Crippen LogP) is 2.12. The van der Waals surface area contributed by atoms with Crippen molar-refractivity contribution in [1.82, 2.24) is 9.55 Å². The summed E-state index contributed by atoms with van der Waals surface area (Å²) >= 11 is 0. The quantitative estimate of drug-likeness (QED) is 0.799. The van der Waals surface area contributed by atoms with Gasteiger partial charge in [-0.05, 0) is 26.2 Å². The predicted molar refractivity (Wildman–Crippen MR) is 58.9 cm³/mol. The summed E-state index contributed by atoms with van der Waals surface area (Å²) in [7, 11) is 0. The Morgan fingerprint density at radius 2 is 2.14 bits per heavy atom. The van der Waals surface area contributed by atoms with Gasteiger partial charge in [-0.25, -0.2) is 4.98 Å². The Bertz CT molecular complexity index is 281. The zero-order chi connectivity index (χ0) is 10.8. The number of nitrogens with zero attached hydrogens (tertiary/aromatic N) is 2. The molecule has 0 fully saturated rings. The molecule has 0 aliphatic rings. The van der Waals surface area contributed by atoms with E-state index in [1.165, 1.54) is 6.42 Å². The highest BCUT2D eigenvalue weighted by Gasteiger charge is 2.18. The number of aryl methyl sites for hydroxylation is 1. The SMILES string of the molecule is CC(C)CCn1cncc1C(C)(C)N. The minimum Gasteiger partial charge on any atom is -0.333 e. The molecule has 0 aliphatic carbocycles. The number of rotatable bonds is 4. The molecule has 0 aromatic carbocycles. The second kappa shape index (κ2) is 4.13. The van der Waals surface area contributed by atoms with Gasteiger partial charge in [0.1, 0.15) is 0 Å². The molecule has 3 heteroatoms. The Morgan fingerprint density at radius 3 is 2.64 bits per heavy atom. The summed E-state index contributed by atoms with van der Waals surface area (Å²) in [5, 5.41) is 0.